The molecule has 0 fully saturated rings. The van der Waals surface area contributed by atoms with Gasteiger partial charge in [0.05, 0.1) is 18.9 Å². The fourth-order valence-electron chi connectivity index (χ4n) is 2.29. The average molecular weight is 337 g/mol. The number of nitrogens with zero attached hydrogens (tertiary/aromatic N) is 2. The summed E-state index contributed by atoms with van der Waals surface area (Å²) < 4.78 is 10.7. The van der Waals surface area contributed by atoms with Gasteiger partial charge in [0.2, 0.25) is 0 Å². The van der Waals surface area contributed by atoms with Crippen molar-refractivity contribution in [1.29, 1.82) is 0 Å². The lowest BCUT2D eigenvalue weighted by molar-refractivity contribution is 0.0938. The number of rotatable bonds is 10. The minimum Gasteiger partial charge on any atom is -0.465 e. The summed E-state index contributed by atoms with van der Waals surface area (Å²) in [7, 11) is 0. The number of amidine groups is 1. The molecule has 1 N–H and O–H groups in total. The van der Waals surface area contributed by atoms with Crippen molar-refractivity contribution in [2.45, 2.75) is 53.0 Å². The number of amides is 1. The van der Waals surface area contributed by atoms with Gasteiger partial charge in [0.25, 0.3) is 11.9 Å². The van der Waals surface area contributed by atoms with Crippen LogP contribution in [0.4, 0.5) is 0 Å². The van der Waals surface area contributed by atoms with Crippen molar-refractivity contribution in [2.24, 2.45) is 4.99 Å². The van der Waals surface area contributed by atoms with Gasteiger partial charge in [-0.15, -0.1) is 0 Å². The van der Waals surface area contributed by atoms with E-state index >= 15 is 0 Å². The number of aliphatic imine (C=N–C) groups is 1. The van der Waals surface area contributed by atoms with Crippen molar-refractivity contribution in [3.05, 3.63) is 24.2 Å². The van der Waals surface area contributed by atoms with Gasteiger partial charge in [-0.1, -0.05) is 20.8 Å². The predicted molar refractivity (Wildman–Crippen MR) is 96.3 cm³/mol. The fraction of sp³-hybridized carbons (Fsp3) is 0.667. The van der Waals surface area contributed by atoms with Gasteiger partial charge < -0.3 is 14.1 Å². The normalized spacial score (nSPS) is 13.1. The second-order valence-corrected chi connectivity index (χ2v) is 5.73. The summed E-state index contributed by atoms with van der Waals surface area (Å²) in [5.74, 6) is -0.0952. The number of hydrogen-bond acceptors (Lipinski definition) is 5. The second kappa shape index (κ2) is 11.7. The highest BCUT2D eigenvalue weighted by Gasteiger charge is 2.13. The van der Waals surface area contributed by atoms with Crippen molar-refractivity contribution in [2.75, 3.05) is 26.2 Å². The van der Waals surface area contributed by atoms with Crippen molar-refractivity contribution in [3.63, 3.8) is 0 Å². The van der Waals surface area contributed by atoms with Gasteiger partial charge in [0, 0.05) is 0 Å². The molecule has 1 aromatic rings. The van der Waals surface area contributed by atoms with E-state index in [0.717, 1.165) is 38.9 Å². The number of furan rings is 1. The Hall–Kier alpha value is -1.82. The van der Waals surface area contributed by atoms with Gasteiger partial charge in [-0.3, -0.25) is 10.1 Å². The molecule has 24 heavy (non-hydrogen) atoms. The molecule has 1 atom stereocenters. The number of hydrogen-bond donors (Lipinski definition) is 1. The van der Waals surface area contributed by atoms with E-state index in [1.54, 1.807) is 12.1 Å². The van der Waals surface area contributed by atoms with Crippen LogP contribution in [0.2, 0.25) is 0 Å². The van der Waals surface area contributed by atoms with E-state index in [1.165, 1.54) is 6.26 Å². The van der Waals surface area contributed by atoms with Crippen LogP contribution in [-0.2, 0) is 4.74 Å². The van der Waals surface area contributed by atoms with Gasteiger partial charge in [-0.2, -0.15) is 0 Å². The fourth-order valence-corrected chi connectivity index (χ4v) is 2.29. The lowest BCUT2D eigenvalue weighted by Crippen LogP contribution is -2.33. The van der Waals surface area contributed by atoms with E-state index in [2.05, 4.69) is 29.1 Å². The lowest BCUT2D eigenvalue weighted by atomic mass is 10.2. The molecule has 0 aromatic carbocycles. The van der Waals surface area contributed by atoms with Crippen molar-refractivity contribution in [3.8, 4) is 0 Å². The highest BCUT2D eigenvalue weighted by molar-refractivity contribution is 6.02. The van der Waals surface area contributed by atoms with Gasteiger partial charge in [-0.05, 0) is 58.0 Å². The molecule has 0 aliphatic heterocycles. The summed E-state index contributed by atoms with van der Waals surface area (Å²) in [6.45, 7) is 12.1. The number of nitrogens with one attached hydrogen (secondary N) is 1. The standard InChI is InChI=1S/C18H31N3O3/c1-5-13-24-18(20-17(22)16-11-9-14-23-16)19-15(4)10-8-12-21(6-2)7-3/h9,11,14-15H,5-8,10,12-13H2,1-4H3,(H,19,20,22)/t15-/m0/s1. The molecule has 6 heteroatoms. The molecule has 0 radical (unpaired) electrons. The Morgan fingerprint density at radius 2 is 2.12 bits per heavy atom. The van der Waals surface area contributed by atoms with Crippen LogP contribution in [-0.4, -0.2) is 49.1 Å². The number of ether oxygens (including phenoxy) is 1. The minimum atomic E-state index is -0.342. The van der Waals surface area contributed by atoms with Gasteiger partial charge in [0.1, 0.15) is 0 Å². The summed E-state index contributed by atoms with van der Waals surface area (Å²) in [6.07, 6.45) is 4.34. The maximum atomic E-state index is 12.1. The summed E-state index contributed by atoms with van der Waals surface area (Å²) in [5, 5.41) is 2.69. The van der Waals surface area contributed by atoms with Crippen LogP contribution in [0, 0.1) is 0 Å². The average Bonchev–Trinajstić information content (AvgIpc) is 3.11. The summed E-state index contributed by atoms with van der Waals surface area (Å²) in [5.41, 5.74) is 0. The third kappa shape index (κ3) is 7.64. The first kappa shape index (κ1) is 20.2. The maximum Gasteiger partial charge on any atom is 0.294 e. The Labute approximate surface area is 145 Å². The molecule has 0 aliphatic rings. The second-order valence-electron chi connectivity index (χ2n) is 5.73. The zero-order valence-corrected chi connectivity index (χ0v) is 15.4. The summed E-state index contributed by atoms with van der Waals surface area (Å²) in [6, 6.07) is 3.65. The lowest BCUT2D eigenvalue weighted by Gasteiger charge is -2.18. The highest BCUT2D eigenvalue weighted by Crippen LogP contribution is 2.05. The monoisotopic (exact) mass is 337 g/mol. The topological polar surface area (TPSA) is 67.1 Å². The highest BCUT2D eigenvalue weighted by atomic mass is 16.5. The van der Waals surface area contributed by atoms with Crippen LogP contribution in [0.25, 0.3) is 0 Å². The van der Waals surface area contributed by atoms with E-state index in [1.807, 2.05) is 13.8 Å². The first-order valence-corrected chi connectivity index (χ1v) is 8.88. The quantitative estimate of drug-likeness (QED) is 0.525. The molecule has 6 nitrogen and oxygen atoms in total. The molecule has 0 bridgehead atoms. The number of carbonyl (C=O) groups excluding carboxylic acids is 1. The number of carbonyl (C=O) groups is 1. The minimum absolute atomic E-state index is 0.0873. The zero-order valence-electron chi connectivity index (χ0n) is 15.4. The predicted octanol–water partition coefficient (Wildman–Crippen LogP) is 3.30. The molecule has 0 aliphatic carbocycles. The maximum absolute atomic E-state index is 12.1. The molecule has 1 rings (SSSR count). The SMILES string of the molecule is CCCOC(=N[C@@H](C)CCCN(CC)CC)NC(=O)c1ccco1. The van der Waals surface area contributed by atoms with E-state index in [0.29, 0.717) is 6.61 Å². The Morgan fingerprint density at radius 3 is 2.71 bits per heavy atom. The van der Waals surface area contributed by atoms with Crippen molar-refractivity contribution >= 4 is 11.9 Å². The molecule has 0 saturated carbocycles. The van der Waals surface area contributed by atoms with Crippen LogP contribution >= 0.6 is 0 Å². The van der Waals surface area contributed by atoms with Gasteiger partial charge >= 0.3 is 0 Å². The van der Waals surface area contributed by atoms with E-state index < -0.39 is 0 Å². The first-order valence-electron chi connectivity index (χ1n) is 8.88. The third-order valence-electron chi connectivity index (χ3n) is 3.74. The Morgan fingerprint density at radius 1 is 1.38 bits per heavy atom. The van der Waals surface area contributed by atoms with Gasteiger partial charge in [-0.25, -0.2) is 4.99 Å². The van der Waals surface area contributed by atoms with Crippen LogP contribution in [0.1, 0.15) is 57.5 Å². The smallest absolute Gasteiger partial charge is 0.294 e. The third-order valence-corrected chi connectivity index (χ3v) is 3.74. The molecule has 1 heterocycles. The van der Waals surface area contributed by atoms with E-state index in [9.17, 15) is 4.79 Å². The first-order chi connectivity index (χ1) is 11.6. The molecule has 0 spiro atoms. The molecular weight excluding hydrogens is 306 g/mol. The van der Waals surface area contributed by atoms with Crippen molar-refractivity contribution in [1.82, 2.24) is 10.2 Å². The van der Waals surface area contributed by atoms with Crippen molar-refractivity contribution < 1.29 is 13.9 Å². The van der Waals surface area contributed by atoms with E-state index in [4.69, 9.17) is 9.15 Å². The molecular formula is C18H31N3O3. The molecule has 0 unspecified atom stereocenters. The van der Waals surface area contributed by atoms with Crippen LogP contribution in [0.3, 0.4) is 0 Å². The van der Waals surface area contributed by atoms with Crippen LogP contribution in [0.15, 0.2) is 27.8 Å². The van der Waals surface area contributed by atoms with Gasteiger partial charge in [0.15, 0.2) is 5.76 Å². The summed E-state index contributed by atoms with van der Waals surface area (Å²) in [4.78, 5) is 19.0. The molecule has 136 valence electrons. The zero-order chi connectivity index (χ0) is 17.8. The Balaban J connectivity index is 2.55. The van der Waals surface area contributed by atoms with E-state index in [-0.39, 0.29) is 23.7 Å². The molecule has 1 aromatic heterocycles. The molecule has 0 saturated heterocycles. The van der Waals surface area contributed by atoms with Crippen LogP contribution in [0.5, 0.6) is 0 Å². The largest absolute Gasteiger partial charge is 0.465 e. The summed E-state index contributed by atoms with van der Waals surface area (Å²) >= 11 is 0. The van der Waals surface area contributed by atoms with Crippen LogP contribution < -0.4 is 5.32 Å². The molecule has 1 amide bonds. The Kier molecular flexibility index (Phi) is 9.84. The Bertz CT molecular complexity index is 482.